The van der Waals surface area contributed by atoms with Crippen molar-refractivity contribution in [3.8, 4) is 0 Å². The highest BCUT2D eigenvalue weighted by Crippen LogP contribution is 2.66. The van der Waals surface area contributed by atoms with Crippen LogP contribution in [0, 0.1) is 17.3 Å². The third-order valence-electron chi connectivity index (χ3n) is 6.24. The van der Waals surface area contributed by atoms with E-state index < -0.39 is 0 Å². The molecule has 114 valence electrons. The van der Waals surface area contributed by atoms with Gasteiger partial charge < -0.3 is 10.6 Å². The van der Waals surface area contributed by atoms with E-state index in [-0.39, 0.29) is 10.8 Å². The first kappa shape index (κ1) is 13.8. The summed E-state index contributed by atoms with van der Waals surface area (Å²) in [6.45, 7) is 6.21. The quantitative estimate of drug-likeness (QED) is 0.913. The fraction of sp³-hybridized carbons (Fsp3) is 0.706. The number of carbonyl (C=O) groups excluding carboxylic acids is 1. The second-order valence-corrected chi connectivity index (χ2v) is 8.78. The lowest BCUT2D eigenvalue weighted by Gasteiger charge is -2.38. The molecule has 1 aromatic heterocycles. The Hall–Kier alpha value is -0.870. The van der Waals surface area contributed by atoms with E-state index in [2.05, 4.69) is 36.3 Å². The van der Waals surface area contributed by atoms with Crippen molar-refractivity contribution in [3.05, 3.63) is 22.4 Å². The maximum Gasteiger partial charge on any atom is 0.234 e. The van der Waals surface area contributed by atoms with Crippen LogP contribution in [0.5, 0.6) is 0 Å². The van der Waals surface area contributed by atoms with Crippen LogP contribution in [0.4, 0.5) is 0 Å². The summed E-state index contributed by atoms with van der Waals surface area (Å²) < 4.78 is 0. The van der Waals surface area contributed by atoms with Gasteiger partial charge >= 0.3 is 0 Å². The van der Waals surface area contributed by atoms with Crippen LogP contribution in [-0.2, 0) is 10.2 Å². The number of rotatable bonds is 2. The lowest BCUT2D eigenvalue weighted by atomic mass is 9.88. The van der Waals surface area contributed by atoms with Crippen molar-refractivity contribution in [1.29, 1.82) is 0 Å². The molecule has 2 N–H and O–H groups in total. The number of piperidine rings is 1. The number of hydrogen-bond donors (Lipinski definition) is 1. The minimum atomic E-state index is -0.262. The third-order valence-corrected chi connectivity index (χ3v) is 7.27. The Labute approximate surface area is 130 Å². The van der Waals surface area contributed by atoms with E-state index >= 15 is 0 Å². The molecule has 4 rings (SSSR count). The van der Waals surface area contributed by atoms with Crippen LogP contribution >= 0.6 is 11.3 Å². The zero-order valence-electron chi connectivity index (χ0n) is 12.8. The molecule has 4 atom stereocenters. The highest BCUT2D eigenvalue weighted by atomic mass is 32.1. The van der Waals surface area contributed by atoms with Gasteiger partial charge in [-0.1, -0.05) is 19.9 Å². The summed E-state index contributed by atoms with van der Waals surface area (Å²) in [5.74, 6) is 1.41. The van der Waals surface area contributed by atoms with Gasteiger partial charge in [-0.2, -0.15) is 0 Å². The predicted molar refractivity (Wildman–Crippen MR) is 85.2 cm³/mol. The van der Waals surface area contributed by atoms with Crippen molar-refractivity contribution in [1.82, 2.24) is 4.90 Å². The van der Waals surface area contributed by atoms with Crippen molar-refractivity contribution in [2.75, 3.05) is 13.1 Å². The summed E-state index contributed by atoms with van der Waals surface area (Å²) in [6, 6.07) is 4.53. The normalized spacial score (nSPS) is 40.3. The summed E-state index contributed by atoms with van der Waals surface area (Å²) in [5.41, 5.74) is 6.11. The van der Waals surface area contributed by atoms with Crippen molar-refractivity contribution >= 4 is 17.2 Å². The first-order valence-electron chi connectivity index (χ1n) is 8.05. The van der Waals surface area contributed by atoms with E-state index in [9.17, 15) is 4.79 Å². The first-order chi connectivity index (χ1) is 9.96. The first-order valence-corrected chi connectivity index (χ1v) is 8.93. The SMILES string of the molecule is CC1(C)C[C@]1(C(=O)N1C[C@H]2CC[C@@H](C1)C2N)c1cccs1. The highest BCUT2D eigenvalue weighted by molar-refractivity contribution is 7.10. The Kier molecular flexibility index (Phi) is 2.84. The molecule has 4 heteroatoms. The number of nitrogens with two attached hydrogens (primary N) is 1. The van der Waals surface area contributed by atoms with E-state index in [1.165, 1.54) is 17.7 Å². The van der Waals surface area contributed by atoms with E-state index in [1.807, 2.05) is 0 Å². The van der Waals surface area contributed by atoms with Gasteiger partial charge in [-0.25, -0.2) is 0 Å². The molecular weight excluding hydrogens is 280 g/mol. The van der Waals surface area contributed by atoms with Gasteiger partial charge in [0.1, 0.15) is 0 Å². The Bertz CT molecular complexity index is 553. The Balaban J connectivity index is 1.63. The number of fused-ring (bicyclic) bond motifs is 2. The van der Waals surface area contributed by atoms with E-state index in [4.69, 9.17) is 5.73 Å². The van der Waals surface area contributed by atoms with Crippen LogP contribution in [-0.4, -0.2) is 29.9 Å². The molecule has 21 heavy (non-hydrogen) atoms. The topological polar surface area (TPSA) is 46.3 Å². The zero-order valence-corrected chi connectivity index (χ0v) is 13.7. The van der Waals surface area contributed by atoms with E-state index in [0.29, 0.717) is 23.8 Å². The Morgan fingerprint density at radius 2 is 1.95 bits per heavy atom. The van der Waals surface area contributed by atoms with Gasteiger partial charge in [-0.05, 0) is 48.0 Å². The van der Waals surface area contributed by atoms with Gasteiger partial charge in [0, 0.05) is 24.0 Å². The van der Waals surface area contributed by atoms with Crippen molar-refractivity contribution in [3.63, 3.8) is 0 Å². The summed E-state index contributed by atoms with van der Waals surface area (Å²) >= 11 is 1.73. The average Bonchev–Trinajstić information content (AvgIpc) is 2.78. The van der Waals surface area contributed by atoms with Crippen molar-refractivity contribution < 1.29 is 4.79 Å². The van der Waals surface area contributed by atoms with Gasteiger partial charge in [-0.15, -0.1) is 11.3 Å². The predicted octanol–water partition coefficient (Wildman–Crippen LogP) is 2.61. The molecule has 1 amide bonds. The minimum absolute atomic E-state index is 0.0908. The molecule has 1 saturated heterocycles. The molecule has 1 unspecified atom stereocenters. The van der Waals surface area contributed by atoms with Crippen LogP contribution in [0.1, 0.15) is 38.0 Å². The fourth-order valence-corrected chi connectivity index (χ4v) is 5.83. The van der Waals surface area contributed by atoms with Gasteiger partial charge in [0.2, 0.25) is 5.91 Å². The van der Waals surface area contributed by atoms with Crippen LogP contribution in [0.3, 0.4) is 0 Å². The molecule has 1 aromatic rings. The lowest BCUT2D eigenvalue weighted by molar-refractivity contribution is -0.137. The van der Waals surface area contributed by atoms with E-state index in [1.54, 1.807) is 11.3 Å². The van der Waals surface area contributed by atoms with Crippen molar-refractivity contribution in [2.24, 2.45) is 23.0 Å². The fourth-order valence-electron chi connectivity index (χ4n) is 4.73. The van der Waals surface area contributed by atoms with Gasteiger partial charge in [-0.3, -0.25) is 4.79 Å². The Morgan fingerprint density at radius 1 is 1.33 bits per heavy atom. The number of likely N-dealkylation sites (tertiary alicyclic amines) is 1. The monoisotopic (exact) mass is 304 g/mol. The number of nitrogens with zero attached hydrogens (tertiary/aromatic N) is 1. The molecule has 0 radical (unpaired) electrons. The van der Waals surface area contributed by atoms with Crippen molar-refractivity contribution in [2.45, 2.75) is 44.6 Å². The molecule has 3 nitrogen and oxygen atoms in total. The number of carbonyl (C=O) groups is 1. The smallest absolute Gasteiger partial charge is 0.234 e. The molecular formula is C17H24N2OS. The molecule has 0 spiro atoms. The standard InChI is InChI=1S/C17H24N2OS/c1-16(2)10-17(16,13-4-3-7-21-13)15(20)19-8-11-5-6-12(9-19)14(11)18/h3-4,7,11-12,14H,5-6,8-10,18H2,1-2H3/t11-,12+,14?,17-/m1/s1. The summed E-state index contributed by atoms with van der Waals surface area (Å²) in [7, 11) is 0. The van der Waals surface area contributed by atoms with Gasteiger partial charge in [0.15, 0.2) is 0 Å². The van der Waals surface area contributed by atoms with E-state index in [0.717, 1.165) is 19.5 Å². The number of hydrogen-bond acceptors (Lipinski definition) is 3. The molecule has 3 aliphatic rings. The second-order valence-electron chi connectivity index (χ2n) is 7.83. The van der Waals surface area contributed by atoms with Crippen LogP contribution in [0.2, 0.25) is 0 Å². The number of amides is 1. The molecule has 2 heterocycles. The number of thiophene rings is 1. The van der Waals surface area contributed by atoms with Gasteiger partial charge in [0.05, 0.1) is 5.41 Å². The lowest BCUT2D eigenvalue weighted by Crippen LogP contribution is -2.53. The summed E-state index contributed by atoms with van der Waals surface area (Å²) in [4.78, 5) is 16.7. The molecule has 2 aliphatic carbocycles. The zero-order chi connectivity index (χ0) is 14.8. The largest absolute Gasteiger partial charge is 0.341 e. The van der Waals surface area contributed by atoms with Crippen LogP contribution < -0.4 is 5.73 Å². The molecule has 2 bridgehead atoms. The second kappa shape index (κ2) is 4.32. The highest BCUT2D eigenvalue weighted by Gasteiger charge is 2.69. The summed E-state index contributed by atoms with van der Waals surface area (Å²) in [5, 5.41) is 2.09. The molecule has 2 saturated carbocycles. The Morgan fingerprint density at radius 3 is 2.43 bits per heavy atom. The molecule has 3 fully saturated rings. The molecule has 0 aromatic carbocycles. The minimum Gasteiger partial charge on any atom is -0.341 e. The third kappa shape index (κ3) is 1.78. The molecule has 1 aliphatic heterocycles. The maximum atomic E-state index is 13.3. The average molecular weight is 304 g/mol. The summed E-state index contributed by atoms with van der Waals surface area (Å²) in [6.07, 6.45) is 3.38. The van der Waals surface area contributed by atoms with Gasteiger partial charge in [0.25, 0.3) is 0 Å². The van der Waals surface area contributed by atoms with Crippen LogP contribution in [0.25, 0.3) is 0 Å². The van der Waals surface area contributed by atoms with Crippen LogP contribution in [0.15, 0.2) is 17.5 Å². The maximum absolute atomic E-state index is 13.3.